The molecule has 0 saturated carbocycles. The Hall–Kier alpha value is -1.05. The highest BCUT2D eigenvalue weighted by Gasteiger charge is 2.31. The lowest BCUT2D eigenvalue weighted by atomic mass is 10.3. The van der Waals surface area contributed by atoms with Gasteiger partial charge >= 0.3 is 0 Å². The standard InChI is InChI=1S/C16H19O2P.BrH/c1-16(2,3)19(17-14-10-6-4-7-11-14)18-15-12-8-5-9-13-15;/h4-13H,1-3H3;1H. The first kappa shape index (κ1) is 17.0. The molecular formula is C16H20BrO2P. The van der Waals surface area contributed by atoms with Crippen molar-refractivity contribution >= 4 is 25.4 Å². The van der Waals surface area contributed by atoms with Crippen LogP contribution in [-0.4, -0.2) is 5.16 Å². The summed E-state index contributed by atoms with van der Waals surface area (Å²) in [6.45, 7) is 6.39. The van der Waals surface area contributed by atoms with Gasteiger partial charge in [-0.3, -0.25) is 0 Å². The molecule has 108 valence electrons. The number of hydrogen-bond donors (Lipinski definition) is 0. The van der Waals surface area contributed by atoms with E-state index in [0.717, 1.165) is 11.5 Å². The summed E-state index contributed by atoms with van der Waals surface area (Å²) < 4.78 is 12.1. The van der Waals surface area contributed by atoms with Crippen molar-refractivity contribution in [2.45, 2.75) is 25.9 Å². The van der Waals surface area contributed by atoms with Crippen LogP contribution in [0.25, 0.3) is 0 Å². The molecule has 0 unspecified atom stereocenters. The summed E-state index contributed by atoms with van der Waals surface area (Å²) in [6.07, 6.45) is 0. The van der Waals surface area contributed by atoms with Gasteiger partial charge in [0.15, 0.2) is 0 Å². The van der Waals surface area contributed by atoms with Gasteiger partial charge < -0.3 is 9.05 Å². The molecule has 2 nitrogen and oxygen atoms in total. The summed E-state index contributed by atoms with van der Waals surface area (Å²) in [4.78, 5) is 0. The molecule has 0 radical (unpaired) electrons. The largest absolute Gasteiger partial charge is 0.438 e. The lowest BCUT2D eigenvalue weighted by Gasteiger charge is -2.29. The van der Waals surface area contributed by atoms with E-state index in [2.05, 4.69) is 20.8 Å². The van der Waals surface area contributed by atoms with E-state index < -0.39 is 8.38 Å². The lowest BCUT2D eigenvalue weighted by Crippen LogP contribution is -2.18. The van der Waals surface area contributed by atoms with E-state index in [9.17, 15) is 0 Å². The van der Waals surface area contributed by atoms with E-state index in [-0.39, 0.29) is 22.1 Å². The summed E-state index contributed by atoms with van der Waals surface area (Å²) in [7, 11) is -1.05. The zero-order valence-corrected chi connectivity index (χ0v) is 14.6. The van der Waals surface area contributed by atoms with Crippen LogP contribution in [0.4, 0.5) is 0 Å². The molecule has 2 aromatic rings. The Balaban J connectivity index is 0.00000200. The van der Waals surface area contributed by atoms with Gasteiger partial charge in [-0.2, -0.15) is 0 Å². The van der Waals surface area contributed by atoms with E-state index in [1.54, 1.807) is 0 Å². The van der Waals surface area contributed by atoms with Crippen molar-refractivity contribution in [1.82, 2.24) is 0 Å². The molecule has 0 aliphatic carbocycles. The number of hydrogen-bond acceptors (Lipinski definition) is 2. The number of benzene rings is 2. The fraction of sp³-hybridized carbons (Fsp3) is 0.250. The quantitative estimate of drug-likeness (QED) is 0.642. The summed E-state index contributed by atoms with van der Waals surface area (Å²) in [5, 5.41) is -0.0545. The summed E-state index contributed by atoms with van der Waals surface area (Å²) in [5.41, 5.74) is 0. The van der Waals surface area contributed by atoms with Crippen LogP contribution in [-0.2, 0) is 0 Å². The zero-order chi connectivity index (χ0) is 13.7. The molecule has 0 bridgehead atoms. The Bertz CT molecular complexity index is 455. The maximum Gasteiger partial charge on any atom is 0.296 e. The molecular weight excluding hydrogens is 335 g/mol. The first-order valence-electron chi connectivity index (χ1n) is 6.32. The molecule has 0 saturated heterocycles. The van der Waals surface area contributed by atoms with E-state index in [1.165, 1.54) is 0 Å². The maximum atomic E-state index is 6.03. The van der Waals surface area contributed by atoms with Crippen molar-refractivity contribution in [1.29, 1.82) is 0 Å². The Labute approximate surface area is 132 Å². The van der Waals surface area contributed by atoms with Crippen LogP contribution in [0.1, 0.15) is 20.8 Å². The molecule has 20 heavy (non-hydrogen) atoms. The molecule has 2 aromatic carbocycles. The average molecular weight is 355 g/mol. The van der Waals surface area contributed by atoms with Crippen molar-refractivity contribution in [3.8, 4) is 11.5 Å². The number of halogens is 1. The van der Waals surface area contributed by atoms with Crippen LogP contribution < -0.4 is 9.05 Å². The second kappa shape index (κ2) is 7.66. The van der Waals surface area contributed by atoms with Crippen LogP contribution >= 0.6 is 25.4 Å². The molecule has 4 heteroatoms. The molecule has 0 aliphatic rings. The van der Waals surface area contributed by atoms with Gasteiger partial charge in [-0.05, 0) is 45.0 Å². The minimum atomic E-state index is -1.05. The van der Waals surface area contributed by atoms with Gasteiger partial charge in [0.05, 0.1) is 5.16 Å². The zero-order valence-electron chi connectivity index (χ0n) is 11.9. The molecule has 0 fully saturated rings. The average Bonchev–Trinajstić information content (AvgIpc) is 2.39. The summed E-state index contributed by atoms with van der Waals surface area (Å²) in [6, 6.07) is 19.6. The minimum absolute atomic E-state index is 0. The molecule has 2 rings (SSSR count). The van der Waals surface area contributed by atoms with Gasteiger partial charge in [0, 0.05) is 0 Å². The van der Waals surface area contributed by atoms with Crippen LogP contribution in [0.3, 0.4) is 0 Å². The first-order chi connectivity index (χ1) is 9.05. The van der Waals surface area contributed by atoms with Crippen LogP contribution in [0.5, 0.6) is 11.5 Å². The monoisotopic (exact) mass is 354 g/mol. The fourth-order valence-corrected chi connectivity index (χ4v) is 2.66. The normalized spacial score (nSPS) is 10.8. The smallest absolute Gasteiger partial charge is 0.296 e. The number of rotatable bonds is 4. The van der Waals surface area contributed by atoms with E-state index in [0.29, 0.717) is 0 Å². The topological polar surface area (TPSA) is 18.5 Å². The van der Waals surface area contributed by atoms with Gasteiger partial charge in [0.1, 0.15) is 11.5 Å². The van der Waals surface area contributed by atoms with Crippen molar-refractivity contribution in [2.75, 3.05) is 0 Å². The predicted octanol–water partition coefficient (Wildman–Crippen LogP) is 5.83. The van der Waals surface area contributed by atoms with Crippen LogP contribution in [0.2, 0.25) is 0 Å². The van der Waals surface area contributed by atoms with E-state index in [1.807, 2.05) is 60.7 Å². The minimum Gasteiger partial charge on any atom is -0.438 e. The van der Waals surface area contributed by atoms with Crippen molar-refractivity contribution in [2.24, 2.45) is 0 Å². The third-order valence-electron chi connectivity index (χ3n) is 2.41. The van der Waals surface area contributed by atoms with Gasteiger partial charge in [0.2, 0.25) is 0 Å². The molecule has 0 amide bonds. The van der Waals surface area contributed by atoms with E-state index in [4.69, 9.17) is 9.05 Å². The van der Waals surface area contributed by atoms with E-state index >= 15 is 0 Å². The predicted molar refractivity (Wildman–Crippen MR) is 91.1 cm³/mol. The highest BCUT2D eigenvalue weighted by molar-refractivity contribution is 8.93. The highest BCUT2D eigenvalue weighted by atomic mass is 79.9. The first-order valence-corrected chi connectivity index (χ1v) is 7.50. The molecule has 0 heterocycles. The van der Waals surface area contributed by atoms with Gasteiger partial charge in [-0.15, -0.1) is 17.0 Å². The molecule has 0 N–H and O–H groups in total. The second-order valence-electron chi connectivity index (χ2n) is 5.24. The van der Waals surface area contributed by atoms with Crippen molar-refractivity contribution < 1.29 is 9.05 Å². The lowest BCUT2D eigenvalue weighted by molar-refractivity contribution is 0.455. The van der Waals surface area contributed by atoms with Crippen molar-refractivity contribution in [3.05, 3.63) is 60.7 Å². The Morgan fingerprint density at radius 1 is 0.700 bits per heavy atom. The number of para-hydroxylation sites is 2. The fourth-order valence-electron chi connectivity index (χ4n) is 1.45. The Morgan fingerprint density at radius 3 is 1.35 bits per heavy atom. The Kier molecular flexibility index (Phi) is 6.51. The maximum absolute atomic E-state index is 6.03. The molecule has 0 aromatic heterocycles. The van der Waals surface area contributed by atoms with Crippen LogP contribution in [0, 0.1) is 0 Å². The van der Waals surface area contributed by atoms with Gasteiger partial charge in [0.25, 0.3) is 8.38 Å². The van der Waals surface area contributed by atoms with Crippen molar-refractivity contribution in [3.63, 3.8) is 0 Å². The molecule has 0 atom stereocenters. The third kappa shape index (κ3) is 5.15. The SMILES string of the molecule is Br.CC(C)(C)P(Oc1ccccc1)Oc1ccccc1. The molecule has 0 aliphatic heterocycles. The van der Waals surface area contributed by atoms with Crippen LogP contribution in [0.15, 0.2) is 60.7 Å². The second-order valence-corrected chi connectivity index (χ2v) is 7.46. The third-order valence-corrected chi connectivity index (χ3v) is 4.26. The summed E-state index contributed by atoms with van der Waals surface area (Å²) >= 11 is 0. The molecule has 0 spiro atoms. The summed E-state index contributed by atoms with van der Waals surface area (Å²) in [5.74, 6) is 1.69. The Morgan fingerprint density at radius 2 is 1.05 bits per heavy atom. The highest BCUT2D eigenvalue weighted by Crippen LogP contribution is 2.51. The van der Waals surface area contributed by atoms with Gasteiger partial charge in [-0.1, -0.05) is 36.4 Å². The van der Waals surface area contributed by atoms with Gasteiger partial charge in [-0.25, -0.2) is 0 Å².